The highest BCUT2D eigenvalue weighted by Crippen LogP contribution is 2.38. The molecule has 0 unspecified atom stereocenters. The van der Waals surface area contributed by atoms with Crippen LogP contribution in [-0.2, 0) is 4.79 Å². The topological polar surface area (TPSA) is 94.8 Å². The average Bonchev–Trinajstić information content (AvgIpc) is 3.11. The van der Waals surface area contributed by atoms with Gasteiger partial charge < -0.3 is 14.4 Å². The first-order valence-electron chi connectivity index (χ1n) is 9.54. The number of pyridine rings is 1. The van der Waals surface area contributed by atoms with Crippen LogP contribution in [-0.4, -0.2) is 46.2 Å². The van der Waals surface area contributed by atoms with Gasteiger partial charge in [0.2, 0.25) is 5.91 Å². The van der Waals surface area contributed by atoms with Gasteiger partial charge in [0, 0.05) is 25.2 Å². The second-order valence-electron chi connectivity index (χ2n) is 6.88. The van der Waals surface area contributed by atoms with Gasteiger partial charge in [-0.1, -0.05) is 17.8 Å². The molecule has 1 saturated heterocycles. The van der Waals surface area contributed by atoms with Crippen molar-refractivity contribution in [1.82, 2.24) is 9.88 Å². The zero-order valence-corrected chi connectivity index (χ0v) is 16.6. The Bertz CT molecular complexity index is 923. The first kappa shape index (κ1) is 19.5. The zero-order chi connectivity index (χ0) is 20.2. The van der Waals surface area contributed by atoms with Gasteiger partial charge in [-0.05, 0) is 36.6 Å². The summed E-state index contributed by atoms with van der Waals surface area (Å²) in [5, 5.41) is 11.4. The van der Waals surface area contributed by atoms with Crippen LogP contribution in [0.5, 0.6) is 11.5 Å². The molecule has 2 aliphatic heterocycles. The number of likely N-dealkylation sites (tertiary alicyclic amines) is 1. The lowest BCUT2D eigenvalue weighted by Crippen LogP contribution is -2.32. The normalized spacial score (nSPS) is 18.3. The van der Waals surface area contributed by atoms with Gasteiger partial charge in [-0.25, -0.2) is 4.98 Å². The highest BCUT2D eigenvalue weighted by molar-refractivity contribution is 8.00. The van der Waals surface area contributed by atoms with Gasteiger partial charge in [0.1, 0.15) is 0 Å². The minimum absolute atomic E-state index is 0.0287. The average molecular weight is 415 g/mol. The van der Waals surface area contributed by atoms with Crippen molar-refractivity contribution >= 4 is 23.4 Å². The number of carbonyl (C=O) groups excluding carboxylic acids is 1. The lowest BCUT2D eigenvalue weighted by atomic mass is 10.0. The van der Waals surface area contributed by atoms with E-state index in [1.165, 1.54) is 18.3 Å². The van der Waals surface area contributed by atoms with Crippen molar-refractivity contribution in [3.05, 3.63) is 52.2 Å². The molecule has 8 nitrogen and oxygen atoms in total. The molecule has 4 rings (SSSR count). The monoisotopic (exact) mass is 415 g/mol. The number of rotatable bonds is 5. The maximum absolute atomic E-state index is 12.9. The van der Waals surface area contributed by atoms with Crippen molar-refractivity contribution in [3.8, 4) is 11.5 Å². The Hall–Kier alpha value is -2.81. The largest absolute Gasteiger partial charge is 0.490 e. The van der Waals surface area contributed by atoms with Crippen LogP contribution in [0.4, 0.5) is 5.69 Å². The molecule has 0 spiro atoms. The molecule has 1 aromatic carbocycles. The molecule has 2 aliphatic rings. The predicted molar refractivity (Wildman–Crippen MR) is 107 cm³/mol. The van der Waals surface area contributed by atoms with E-state index in [-0.39, 0.29) is 28.4 Å². The van der Waals surface area contributed by atoms with Crippen LogP contribution in [0.15, 0.2) is 41.6 Å². The maximum atomic E-state index is 12.9. The fraction of sp³-hybridized carbons (Fsp3) is 0.400. The van der Waals surface area contributed by atoms with Gasteiger partial charge in [-0.3, -0.25) is 14.9 Å². The van der Waals surface area contributed by atoms with Crippen LogP contribution in [0.25, 0.3) is 0 Å². The van der Waals surface area contributed by atoms with Gasteiger partial charge in [0.15, 0.2) is 16.5 Å². The fourth-order valence-corrected chi connectivity index (χ4v) is 4.50. The molecule has 3 heterocycles. The van der Waals surface area contributed by atoms with Gasteiger partial charge >= 0.3 is 5.69 Å². The van der Waals surface area contributed by atoms with Crippen LogP contribution in [0.3, 0.4) is 0 Å². The van der Waals surface area contributed by atoms with E-state index in [0.717, 1.165) is 48.1 Å². The van der Waals surface area contributed by atoms with Crippen LogP contribution in [0.1, 0.15) is 30.9 Å². The number of carbonyl (C=O) groups is 1. The number of hydrogen-bond acceptors (Lipinski definition) is 7. The first-order valence-corrected chi connectivity index (χ1v) is 10.5. The third kappa shape index (κ3) is 4.29. The molecular formula is C20H21N3O5S. The van der Waals surface area contributed by atoms with Crippen molar-refractivity contribution in [2.75, 3.05) is 25.5 Å². The summed E-state index contributed by atoms with van der Waals surface area (Å²) in [7, 11) is 0. The number of benzene rings is 1. The Morgan fingerprint density at radius 3 is 2.90 bits per heavy atom. The zero-order valence-electron chi connectivity index (χ0n) is 15.8. The van der Waals surface area contributed by atoms with E-state index >= 15 is 0 Å². The summed E-state index contributed by atoms with van der Waals surface area (Å²) in [6.45, 7) is 1.92. The van der Waals surface area contributed by atoms with Crippen molar-refractivity contribution in [1.29, 1.82) is 0 Å². The molecule has 0 bridgehead atoms. The van der Waals surface area contributed by atoms with E-state index in [2.05, 4.69) is 4.98 Å². The molecule has 1 atom stereocenters. The highest BCUT2D eigenvalue weighted by Gasteiger charge is 2.31. The quantitative estimate of drug-likeness (QED) is 0.418. The van der Waals surface area contributed by atoms with Crippen LogP contribution < -0.4 is 9.47 Å². The van der Waals surface area contributed by atoms with E-state index in [0.29, 0.717) is 19.8 Å². The molecular weight excluding hydrogens is 394 g/mol. The number of hydrogen-bond donors (Lipinski definition) is 0. The third-order valence-electron chi connectivity index (χ3n) is 5.01. The first-order chi connectivity index (χ1) is 14.1. The van der Waals surface area contributed by atoms with Crippen molar-refractivity contribution < 1.29 is 19.2 Å². The minimum Gasteiger partial charge on any atom is -0.490 e. The Labute approximate surface area is 172 Å². The van der Waals surface area contributed by atoms with E-state index in [4.69, 9.17) is 9.47 Å². The SMILES string of the molecule is O=C(CSc1ncccc1[N+](=O)[O-])N1CCC[C@@H]1c1ccc2c(c1)OCCCO2. The molecule has 9 heteroatoms. The Kier molecular flexibility index (Phi) is 5.84. The van der Waals surface area contributed by atoms with Crippen LogP contribution in [0, 0.1) is 10.1 Å². The number of amides is 1. The lowest BCUT2D eigenvalue weighted by Gasteiger charge is -2.25. The molecule has 0 aliphatic carbocycles. The number of aromatic nitrogens is 1. The Balaban J connectivity index is 1.47. The van der Waals surface area contributed by atoms with E-state index in [9.17, 15) is 14.9 Å². The van der Waals surface area contributed by atoms with Crippen LogP contribution in [0.2, 0.25) is 0 Å². The van der Waals surface area contributed by atoms with Crippen molar-refractivity contribution in [2.45, 2.75) is 30.3 Å². The number of nitro groups is 1. The summed E-state index contributed by atoms with van der Waals surface area (Å²) in [6, 6.07) is 8.75. The molecule has 152 valence electrons. The molecule has 0 radical (unpaired) electrons. The fourth-order valence-electron chi connectivity index (χ4n) is 3.64. The summed E-state index contributed by atoms with van der Waals surface area (Å²) in [5.74, 6) is 1.52. The van der Waals surface area contributed by atoms with Crippen molar-refractivity contribution in [3.63, 3.8) is 0 Å². The second kappa shape index (κ2) is 8.69. The summed E-state index contributed by atoms with van der Waals surface area (Å²) in [6.07, 6.45) is 4.13. The molecule has 0 saturated carbocycles. The maximum Gasteiger partial charge on any atom is 0.301 e. The van der Waals surface area contributed by atoms with E-state index in [1.807, 2.05) is 23.1 Å². The second-order valence-corrected chi connectivity index (χ2v) is 7.84. The van der Waals surface area contributed by atoms with Gasteiger partial charge in [0.05, 0.1) is 29.9 Å². The minimum atomic E-state index is -0.476. The summed E-state index contributed by atoms with van der Waals surface area (Å²) >= 11 is 1.10. The number of nitrogens with zero attached hydrogens (tertiary/aromatic N) is 3. The smallest absolute Gasteiger partial charge is 0.301 e. The molecule has 1 aromatic heterocycles. The van der Waals surface area contributed by atoms with Gasteiger partial charge in [0.25, 0.3) is 0 Å². The number of ether oxygens (including phenoxy) is 2. The van der Waals surface area contributed by atoms with Gasteiger partial charge in [-0.2, -0.15) is 0 Å². The Morgan fingerprint density at radius 2 is 2.07 bits per heavy atom. The van der Waals surface area contributed by atoms with E-state index in [1.54, 1.807) is 0 Å². The molecule has 29 heavy (non-hydrogen) atoms. The standard InChI is InChI=1S/C20H21N3O5S/c24-19(13-29-20-16(23(25)26)4-1-8-21-20)22-9-2-5-15(22)14-6-7-17-18(12-14)28-11-3-10-27-17/h1,4,6-8,12,15H,2-3,5,9-11,13H2/t15-/m1/s1. The number of fused-ring (bicyclic) bond motifs is 1. The third-order valence-corrected chi connectivity index (χ3v) is 5.99. The van der Waals surface area contributed by atoms with Crippen molar-refractivity contribution in [2.24, 2.45) is 0 Å². The van der Waals surface area contributed by atoms with Gasteiger partial charge in [-0.15, -0.1) is 0 Å². The Morgan fingerprint density at radius 1 is 1.24 bits per heavy atom. The molecule has 2 aromatic rings. The molecule has 1 fully saturated rings. The molecule has 0 N–H and O–H groups in total. The highest BCUT2D eigenvalue weighted by atomic mass is 32.2. The summed E-state index contributed by atoms with van der Waals surface area (Å²) in [5.41, 5.74) is 0.945. The molecule has 1 amide bonds. The summed E-state index contributed by atoms with van der Waals surface area (Å²) < 4.78 is 11.5. The predicted octanol–water partition coefficient (Wildman–Crippen LogP) is 3.61. The summed E-state index contributed by atoms with van der Waals surface area (Å²) in [4.78, 5) is 29.4. The number of thioether (sulfide) groups is 1. The van der Waals surface area contributed by atoms with Crippen LogP contribution >= 0.6 is 11.8 Å². The lowest BCUT2D eigenvalue weighted by molar-refractivity contribution is -0.388. The van der Waals surface area contributed by atoms with E-state index < -0.39 is 4.92 Å².